The van der Waals surface area contributed by atoms with Gasteiger partial charge in [-0.3, -0.25) is 14.4 Å². The number of nitrogens with zero attached hydrogens (tertiary/aromatic N) is 3. The summed E-state index contributed by atoms with van der Waals surface area (Å²) in [5.74, 6) is 0.687. The molecular formula is C17H20N4O2. The second-order valence-electron chi connectivity index (χ2n) is 6.14. The smallest absolute Gasteiger partial charge is 0.257 e. The van der Waals surface area contributed by atoms with Gasteiger partial charge in [0.25, 0.3) is 5.56 Å². The highest BCUT2D eigenvalue weighted by atomic mass is 16.5. The molecule has 4 rings (SSSR count). The molecule has 120 valence electrons. The van der Waals surface area contributed by atoms with E-state index < -0.39 is 0 Å². The Balaban J connectivity index is 1.96. The Hall–Kier alpha value is -2.34. The van der Waals surface area contributed by atoms with Crippen LogP contribution in [0.4, 0.5) is 0 Å². The Morgan fingerprint density at radius 3 is 2.78 bits per heavy atom. The van der Waals surface area contributed by atoms with E-state index in [1.807, 2.05) is 19.2 Å². The highest BCUT2D eigenvalue weighted by molar-refractivity contribution is 6.06. The Morgan fingerprint density at radius 1 is 1.26 bits per heavy atom. The van der Waals surface area contributed by atoms with Gasteiger partial charge in [0.2, 0.25) is 0 Å². The van der Waals surface area contributed by atoms with Gasteiger partial charge in [-0.2, -0.15) is 5.10 Å². The van der Waals surface area contributed by atoms with E-state index in [1.165, 1.54) is 12.8 Å². The first-order valence-electron chi connectivity index (χ1n) is 7.95. The summed E-state index contributed by atoms with van der Waals surface area (Å²) < 4.78 is 7.02. The Labute approximate surface area is 133 Å². The van der Waals surface area contributed by atoms with Crippen LogP contribution in [0.1, 0.15) is 18.5 Å². The minimum absolute atomic E-state index is 0.109. The first-order chi connectivity index (χ1) is 11.2. The van der Waals surface area contributed by atoms with Crippen molar-refractivity contribution in [1.29, 1.82) is 0 Å². The zero-order chi connectivity index (χ0) is 16.0. The quantitative estimate of drug-likeness (QED) is 0.803. The van der Waals surface area contributed by atoms with Crippen molar-refractivity contribution >= 4 is 21.8 Å². The van der Waals surface area contributed by atoms with Crippen molar-refractivity contribution in [3.63, 3.8) is 0 Å². The molecule has 3 aromatic rings. The summed E-state index contributed by atoms with van der Waals surface area (Å²) in [6, 6.07) is 5.65. The number of fused-ring (bicyclic) bond motifs is 3. The van der Waals surface area contributed by atoms with E-state index in [1.54, 1.807) is 17.9 Å². The minimum atomic E-state index is -0.109. The van der Waals surface area contributed by atoms with Gasteiger partial charge in [-0.1, -0.05) is 0 Å². The summed E-state index contributed by atoms with van der Waals surface area (Å²) in [5.41, 5.74) is 1.69. The number of H-pyrrole nitrogens is 1. The third-order valence-electron chi connectivity index (χ3n) is 4.66. The van der Waals surface area contributed by atoms with Crippen LogP contribution < -0.4 is 10.3 Å². The molecule has 2 aromatic heterocycles. The molecular weight excluding hydrogens is 292 g/mol. The van der Waals surface area contributed by atoms with E-state index in [0.29, 0.717) is 11.1 Å². The van der Waals surface area contributed by atoms with Crippen LogP contribution in [-0.2, 0) is 13.6 Å². The first kappa shape index (κ1) is 14.3. The highest BCUT2D eigenvalue weighted by Crippen LogP contribution is 2.28. The number of likely N-dealkylation sites (tertiary alicyclic amines) is 1. The Kier molecular flexibility index (Phi) is 3.34. The lowest BCUT2D eigenvalue weighted by Gasteiger charge is -2.13. The summed E-state index contributed by atoms with van der Waals surface area (Å²) in [6.45, 7) is 3.06. The Morgan fingerprint density at radius 2 is 2.04 bits per heavy atom. The molecule has 1 saturated heterocycles. The summed E-state index contributed by atoms with van der Waals surface area (Å²) in [4.78, 5) is 17.8. The number of aromatic nitrogens is 3. The van der Waals surface area contributed by atoms with Gasteiger partial charge in [-0.05, 0) is 44.1 Å². The molecule has 23 heavy (non-hydrogen) atoms. The monoisotopic (exact) mass is 312 g/mol. The van der Waals surface area contributed by atoms with Gasteiger partial charge in [0.1, 0.15) is 11.4 Å². The molecule has 0 unspecified atom stereocenters. The maximum absolute atomic E-state index is 12.4. The summed E-state index contributed by atoms with van der Waals surface area (Å²) in [5, 5.41) is 7.28. The number of hydrogen-bond acceptors (Lipinski definition) is 4. The van der Waals surface area contributed by atoms with Crippen molar-refractivity contribution in [3.8, 4) is 5.75 Å². The van der Waals surface area contributed by atoms with Crippen molar-refractivity contribution in [3.05, 3.63) is 34.2 Å². The SMILES string of the molecule is COc1ccc2c(c1)c(=O)[nH]c1c2c(CN2CCCC2)nn1C. The van der Waals surface area contributed by atoms with E-state index in [0.717, 1.165) is 41.7 Å². The fourth-order valence-electron chi connectivity index (χ4n) is 3.50. The molecule has 1 N–H and O–H groups in total. The van der Waals surface area contributed by atoms with Crippen LogP contribution in [-0.4, -0.2) is 39.9 Å². The molecule has 0 atom stereocenters. The van der Waals surface area contributed by atoms with Crippen LogP contribution in [0.2, 0.25) is 0 Å². The standard InChI is InChI=1S/C17H20N4O2/c1-20-16-15(14(19-20)10-21-7-3-4-8-21)12-6-5-11(23-2)9-13(12)17(22)18-16/h5-6,9H,3-4,7-8,10H2,1-2H3,(H,18,22). The average molecular weight is 312 g/mol. The molecule has 6 nitrogen and oxygen atoms in total. The van der Waals surface area contributed by atoms with Gasteiger partial charge in [0, 0.05) is 24.4 Å². The third-order valence-corrected chi connectivity index (χ3v) is 4.66. The maximum Gasteiger partial charge on any atom is 0.257 e. The van der Waals surface area contributed by atoms with Gasteiger partial charge < -0.3 is 9.72 Å². The molecule has 0 aliphatic carbocycles. The number of benzene rings is 1. The molecule has 0 amide bonds. The maximum atomic E-state index is 12.4. The lowest BCUT2D eigenvalue weighted by molar-refractivity contribution is 0.327. The molecule has 6 heteroatoms. The summed E-state index contributed by atoms with van der Waals surface area (Å²) in [7, 11) is 3.48. The van der Waals surface area contributed by atoms with Gasteiger partial charge in [0.05, 0.1) is 18.2 Å². The molecule has 1 fully saturated rings. The van der Waals surface area contributed by atoms with Crippen molar-refractivity contribution in [2.45, 2.75) is 19.4 Å². The lowest BCUT2D eigenvalue weighted by atomic mass is 10.1. The number of pyridine rings is 1. The van der Waals surface area contributed by atoms with Crippen molar-refractivity contribution in [2.24, 2.45) is 7.05 Å². The van der Waals surface area contributed by atoms with E-state index in [9.17, 15) is 4.79 Å². The second-order valence-corrected chi connectivity index (χ2v) is 6.14. The van der Waals surface area contributed by atoms with Gasteiger partial charge in [-0.25, -0.2) is 0 Å². The fourth-order valence-corrected chi connectivity index (χ4v) is 3.50. The van der Waals surface area contributed by atoms with Crippen LogP contribution in [0.5, 0.6) is 5.75 Å². The molecule has 1 aliphatic rings. The summed E-state index contributed by atoms with van der Waals surface area (Å²) >= 11 is 0. The molecule has 3 heterocycles. The number of nitrogens with one attached hydrogen (secondary N) is 1. The van der Waals surface area contributed by atoms with Crippen LogP contribution in [0, 0.1) is 0 Å². The molecule has 1 aliphatic heterocycles. The Bertz CT molecular complexity index is 935. The van der Waals surface area contributed by atoms with Gasteiger partial charge in [0.15, 0.2) is 0 Å². The number of aromatic amines is 1. The van der Waals surface area contributed by atoms with E-state index >= 15 is 0 Å². The second kappa shape index (κ2) is 5.38. The van der Waals surface area contributed by atoms with Crippen LogP contribution >= 0.6 is 0 Å². The van der Waals surface area contributed by atoms with E-state index in [4.69, 9.17) is 4.74 Å². The van der Waals surface area contributed by atoms with Gasteiger partial charge >= 0.3 is 0 Å². The normalized spacial score (nSPS) is 15.7. The first-order valence-corrected chi connectivity index (χ1v) is 7.95. The fraction of sp³-hybridized carbons (Fsp3) is 0.412. The molecule has 0 radical (unpaired) electrons. The number of hydrogen-bond donors (Lipinski definition) is 1. The molecule has 0 saturated carbocycles. The average Bonchev–Trinajstić information content (AvgIpc) is 3.16. The predicted octanol–water partition coefficient (Wildman–Crippen LogP) is 2.02. The molecule has 0 bridgehead atoms. The predicted molar refractivity (Wildman–Crippen MR) is 89.9 cm³/mol. The molecule has 0 spiro atoms. The van der Waals surface area contributed by atoms with Crippen molar-refractivity contribution < 1.29 is 4.74 Å². The summed E-state index contributed by atoms with van der Waals surface area (Å²) in [6.07, 6.45) is 2.50. The van der Waals surface area contributed by atoms with Crippen molar-refractivity contribution in [2.75, 3.05) is 20.2 Å². The van der Waals surface area contributed by atoms with Crippen molar-refractivity contribution in [1.82, 2.24) is 19.7 Å². The largest absolute Gasteiger partial charge is 0.497 e. The number of methoxy groups -OCH3 is 1. The van der Waals surface area contributed by atoms with E-state index in [-0.39, 0.29) is 5.56 Å². The third kappa shape index (κ3) is 2.30. The number of rotatable bonds is 3. The topological polar surface area (TPSA) is 63.2 Å². The molecule has 1 aromatic carbocycles. The zero-order valence-electron chi connectivity index (χ0n) is 13.4. The van der Waals surface area contributed by atoms with E-state index in [2.05, 4.69) is 15.0 Å². The lowest BCUT2D eigenvalue weighted by Crippen LogP contribution is -2.19. The highest BCUT2D eigenvalue weighted by Gasteiger charge is 2.19. The van der Waals surface area contributed by atoms with Crippen LogP contribution in [0.25, 0.3) is 21.8 Å². The van der Waals surface area contributed by atoms with Gasteiger partial charge in [-0.15, -0.1) is 0 Å². The minimum Gasteiger partial charge on any atom is -0.497 e. The van der Waals surface area contributed by atoms with Crippen LogP contribution in [0.15, 0.2) is 23.0 Å². The number of ether oxygens (including phenoxy) is 1. The van der Waals surface area contributed by atoms with Crippen LogP contribution in [0.3, 0.4) is 0 Å². The number of aryl methyl sites for hydroxylation is 1. The zero-order valence-corrected chi connectivity index (χ0v) is 13.4.